The number of hydrogen-bond donors (Lipinski definition) is 2. The SMILES string of the molecule is CCC1OC2(CCN(c3nc(N)nc4c3cnn4C)CC2)NC1=O. The first-order chi connectivity index (χ1) is 11.5. The van der Waals surface area contributed by atoms with Gasteiger partial charge in [-0.1, -0.05) is 6.92 Å². The van der Waals surface area contributed by atoms with Crippen molar-refractivity contribution in [3.63, 3.8) is 0 Å². The monoisotopic (exact) mass is 331 g/mol. The third-order valence-electron chi connectivity index (χ3n) is 4.84. The quantitative estimate of drug-likeness (QED) is 0.806. The van der Waals surface area contributed by atoms with Gasteiger partial charge in [0.2, 0.25) is 5.95 Å². The van der Waals surface area contributed by atoms with Crippen LogP contribution in [0.5, 0.6) is 0 Å². The second-order valence-electron chi connectivity index (χ2n) is 6.40. The molecule has 2 saturated heterocycles. The number of rotatable bonds is 2. The fourth-order valence-corrected chi connectivity index (χ4v) is 3.52. The van der Waals surface area contributed by atoms with Gasteiger partial charge in [-0.25, -0.2) is 0 Å². The van der Waals surface area contributed by atoms with Crippen LogP contribution in [0.3, 0.4) is 0 Å². The zero-order chi connectivity index (χ0) is 16.9. The molecular weight excluding hydrogens is 310 g/mol. The predicted molar refractivity (Wildman–Crippen MR) is 88.2 cm³/mol. The molecule has 0 radical (unpaired) electrons. The third-order valence-corrected chi connectivity index (χ3v) is 4.84. The summed E-state index contributed by atoms with van der Waals surface area (Å²) in [5.41, 5.74) is 6.03. The van der Waals surface area contributed by atoms with E-state index in [-0.39, 0.29) is 18.0 Å². The van der Waals surface area contributed by atoms with E-state index in [4.69, 9.17) is 10.5 Å². The molecule has 2 fully saturated rings. The maximum Gasteiger partial charge on any atom is 0.251 e. The van der Waals surface area contributed by atoms with E-state index >= 15 is 0 Å². The molecule has 128 valence electrons. The first-order valence-corrected chi connectivity index (χ1v) is 8.21. The zero-order valence-corrected chi connectivity index (χ0v) is 13.8. The summed E-state index contributed by atoms with van der Waals surface area (Å²) in [5.74, 6) is 1.02. The molecule has 0 aromatic carbocycles. The molecule has 9 nitrogen and oxygen atoms in total. The smallest absolute Gasteiger partial charge is 0.251 e. The number of nitrogens with one attached hydrogen (secondary N) is 1. The second-order valence-corrected chi connectivity index (χ2v) is 6.40. The lowest BCUT2D eigenvalue weighted by atomic mass is 10.0. The van der Waals surface area contributed by atoms with Crippen molar-refractivity contribution in [1.82, 2.24) is 25.1 Å². The van der Waals surface area contributed by atoms with E-state index in [0.717, 1.165) is 24.3 Å². The average Bonchev–Trinajstić information content (AvgIpc) is 3.08. The fraction of sp³-hybridized carbons (Fsp3) is 0.600. The Labute approximate surface area is 139 Å². The highest BCUT2D eigenvalue weighted by Crippen LogP contribution is 2.34. The molecule has 2 aromatic rings. The molecule has 3 N–H and O–H groups in total. The Morgan fingerprint density at radius 1 is 1.42 bits per heavy atom. The van der Waals surface area contributed by atoms with E-state index in [1.807, 2.05) is 14.0 Å². The minimum atomic E-state index is -0.541. The van der Waals surface area contributed by atoms with Crippen LogP contribution >= 0.6 is 0 Å². The molecule has 4 rings (SSSR count). The summed E-state index contributed by atoms with van der Waals surface area (Å²) in [6, 6.07) is 0. The van der Waals surface area contributed by atoms with E-state index in [1.165, 1.54) is 0 Å². The van der Waals surface area contributed by atoms with Crippen LogP contribution in [0.4, 0.5) is 11.8 Å². The standard InChI is InChI=1S/C15H21N7O2/c1-3-10-13(23)20-15(24-10)4-6-22(7-5-15)12-9-8-17-21(2)11(9)18-14(16)19-12/h8,10H,3-7H2,1-2H3,(H,20,23)(H2,16,18,19). The molecule has 24 heavy (non-hydrogen) atoms. The van der Waals surface area contributed by atoms with Gasteiger partial charge in [0, 0.05) is 33.0 Å². The van der Waals surface area contributed by atoms with Gasteiger partial charge in [0.25, 0.3) is 5.91 Å². The topological polar surface area (TPSA) is 111 Å². The van der Waals surface area contributed by atoms with E-state index in [9.17, 15) is 4.79 Å². The Hall–Kier alpha value is -2.42. The van der Waals surface area contributed by atoms with Crippen molar-refractivity contribution in [1.29, 1.82) is 0 Å². The summed E-state index contributed by atoms with van der Waals surface area (Å²) < 4.78 is 7.68. The van der Waals surface area contributed by atoms with Crippen LogP contribution in [0.2, 0.25) is 0 Å². The number of carbonyl (C=O) groups is 1. The Kier molecular flexibility index (Phi) is 3.34. The number of fused-ring (bicyclic) bond motifs is 1. The number of nitrogens with zero attached hydrogens (tertiary/aromatic N) is 5. The van der Waals surface area contributed by atoms with Crippen molar-refractivity contribution in [3.05, 3.63) is 6.20 Å². The van der Waals surface area contributed by atoms with Crippen LogP contribution < -0.4 is 16.0 Å². The lowest BCUT2D eigenvalue weighted by Gasteiger charge is -2.39. The predicted octanol–water partition coefficient (Wildman–Crippen LogP) is 0.167. The van der Waals surface area contributed by atoms with Gasteiger partial charge >= 0.3 is 0 Å². The molecule has 2 aliphatic rings. The van der Waals surface area contributed by atoms with Crippen molar-refractivity contribution >= 4 is 28.7 Å². The van der Waals surface area contributed by atoms with Gasteiger partial charge in [0.05, 0.1) is 11.6 Å². The lowest BCUT2D eigenvalue weighted by Crippen LogP contribution is -2.52. The summed E-state index contributed by atoms with van der Waals surface area (Å²) in [7, 11) is 1.83. The molecule has 9 heteroatoms. The van der Waals surface area contributed by atoms with Gasteiger partial charge in [-0.3, -0.25) is 9.48 Å². The summed E-state index contributed by atoms with van der Waals surface area (Å²) in [5, 5.41) is 8.16. The molecule has 2 aliphatic heterocycles. The van der Waals surface area contributed by atoms with Crippen LogP contribution in [-0.4, -0.2) is 50.6 Å². The van der Waals surface area contributed by atoms with Crippen molar-refractivity contribution < 1.29 is 9.53 Å². The Bertz CT molecular complexity index is 794. The zero-order valence-electron chi connectivity index (χ0n) is 13.8. The number of anilines is 2. The molecule has 0 bridgehead atoms. The number of ether oxygens (including phenoxy) is 1. The lowest BCUT2D eigenvalue weighted by molar-refractivity contribution is -0.124. The first-order valence-electron chi connectivity index (χ1n) is 8.21. The molecule has 0 saturated carbocycles. The average molecular weight is 331 g/mol. The number of aromatic nitrogens is 4. The number of nitrogens with two attached hydrogens (primary N) is 1. The van der Waals surface area contributed by atoms with Crippen LogP contribution in [0.15, 0.2) is 6.20 Å². The molecule has 0 aliphatic carbocycles. The molecule has 1 atom stereocenters. The molecule has 1 amide bonds. The number of nitrogen functional groups attached to an aromatic ring is 1. The van der Waals surface area contributed by atoms with E-state index in [1.54, 1.807) is 10.9 Å². The van der Waals surface area contributed by atoms with Gasteiger partial charge in [-0.15, -0.1) is 0 Å². The Morgan fingerprint density at radius 2 is 2.17 bits per heavy atom. The first kappa shape index (κ1) is 15.1. The molecule has 1 unspecified atom stereocenters. The van der Waals surface area contributed by atoms with Crippen molar-refractivity contribution in [3.8, 4) is 0 Å². The van der Waals surface area contributed by atoms with Gasteiger partial charge in [-0.2, -0.15) is 15.1 Å². The highest BCUT2D eigenvalue weighted by atomic mass is 16.5. The molecule has 4 heterocycles. The minimum Gasteiger partial charge on any atom is -0.368 e. The Balaban J connectivity index is 1.58. The second kappa shape index (κ2) is 5.30. The number of carbonyl (C=O) groups excluding carboxylic acids is 1. The van der Waals surface area contributed by atoms with E-state index in [2.05, 4.69) is 25.3 Å². The van der Waals surface area contributed by atoms with E-state index in [0.29, 0.717) is 24.9 Å². The summed E-state index contributed by atoms with van der Waals surface area (Å²) in [6.45, 7) is 3.40. The van der Waals surface area contributed by atoms with Gasteiger partial charge in [-0.05, 0) is 6.42 Å². The Morgan fingerprint density at radius 3 is 2.83 bits per heavy atom. The van der Waals surface area contributed by atoms with Crippen LogP contribution in [0.1, 0.15) is 26.2 Å². The maximum atomic E-state index is 12.0. The van der Waals surface area contributed by atoms with Gasteiger partial charge in [0.1, 0.15) is 17.6 Å². The summed E-state index contributed by atoms with van der Waals surface area (Å²) in [4.78, 5) is 22.8. The molecular formula is C15H21N7O2. The number of amides is 1. The minimum absolute atomic E-state index is 0.00752. The summed E-state index contributed by atoms with van der Waals surface area (Å²) >= 11 is 0. The summed E-state index contributed by atoms with van der Waals surface area (Å²) in [6.07, 6.45) is 3.53. The van der Waals surface area contributed by atoms with Crippen LogP contribution in [0, 0.1) is 0 Å². The van der Waals surface area contributed by atoms with Crippen molar-refractivity contribution in [2.75, 3.05) is 23.7 Å². The fourth-order valence-electron chi connectivity index (χ4n) is 3.52. The van der Waals surface area contributed by atoms with E-state index < -0.39 is 5.72 Å². The van der Waals surface area contributed by atoms with Gasteiger partial charge < -0.3 is 20.7 Å². The number of aryl methyl sites for hydroxylation is 1. The highest BCUT2D eigenvalue weighted by Gasteiger charge is 2.46. The maximum absolute atomic E-state index is 12.0. The van der Waals surface area contributed by atoms with Crippen molar-refractivity contribution in [2.45, 2.75) is 38.0 Å². The number of piperidine rings is 1. The van der Waals surface area contributed by atoms with Crippen molar-refractivity contribution in [2.24, 2.45) is 7.05 Å². The highest BCUT2D eigenvalue weighted by molar-refractivity contribution is 5.88. The largest absolute Gasteiger partial charge is 0.368 e. The normalized spacial score (nSPS) is 23.2. The number of hydrogen-bond acceptors (Lipinski definition) is 7. The molecule has 1 spiro atoms. The van der Waals surface area contributed by atoms with Gasteiger partial charge in [0.15, 0.2) is 5.65 Å². The third kappa shape index (κ3) is 2.27. The van der Waals surface area contributed by atoms with Crippen LogP contribution in [-0.2, 0) is 16.6 Å². The molecule has 2 aromatic heterocycles. The van der Waals surface area contributed by atoms with Crippen LogP contribution in [0.25, 0.3) is 11.0 Å².